The Balaban J connectivity index is 0.00000169. The zero-order chi connectivity index (χ0) is 9.52. The van der Waals surface area contributed by atoms with Crippen molar-refractivity contribution in [1.82, 2.24) is 5.32 Å². The molecule has 80 valence electrons. The van der Waals surface area contributed by atoms with E-state index in [0.717, 1.165) is 6.54 Å². The number of halogens is 2. The lowest BCUT2D eigenvalue weighted by molar-refractivity contribution is -0.00000364. The van der Waals surface area contributed by atoms with Crippen LogP contribution in [0.3, 0.4) is 0 Å². The first-order chi connectivity index (χ1) is 6.34. The van der Waals surface area contributed by atoms with E-state index < -0.39 is 0 Å². The normalized spacial score (nSPS) is 9.57. The molecule has 0 saturated carbocycles. The first-order valence-electron chi connectivity index (χ1n) is 4.27. The fourth-order valence-electron chi connectivity index (χ4n) is 1.04. The highest BCUT2D eigenvalue weighted by Gasteiger charge is 1.98. The van der Waals surface area contributed by atoms with Crippen LogP contribution in [0.25, 0.3) is 0 Å². The Bertz CT molecular complexity index is 258. The summed E-state index contributed by atoms with van der Waals surface area (Å²) in [5.41, 5.74) is 0.693. The highest BCUT2D eigenvalue weighted by atomic mass is 35.5. The molecule has 1 aromatic carbocycles. The van der Waals surface area contributed by atoms with E-state index in [-0.39, 0.29) is 18.2 Å². The third kappa shape index (κ3) is 4.56. The van der Waals surface area contributed by atoms with Crippen LogP contribution in [-0.4, -0.2) is 20.3 Å². The van der Waals surface area contributed by atoms with Gasteiger partial charge < -0.3 is 22.5 Å². The van der Waals surface area contributed by atoms with Crippen LogP contribution >= 0.6 is 0 Å². The van der Waals surface area contributed by atoms with Gasteiger partial charge >= 0.3 is 0 Å². The quantitative estimate of drug-likeness (QED) is 0.612. The largest absolute Gasteiger partial charge is 1.00 e. The van der Waals surface area contributed by atoms with Crippen LogP contribution in [0.2, 0.25) is 0 Å². The first-order valence-corrected chi connectivity index (χ1v) is 4.27. The molecule has 14 heavy (non-hydrogen) atoms. The summed E-state index contributed by atoms with van der Waals surface area (Å²) in [6, 6.07) is 6.76. The Kier molecular flexibility index (Phi) is 7.38. The minimum atomic E-state index is -0.160. The van der Waals surface area contributed by atoms with E-state index in [1.807, 2.05) is 6.07 Å². The average Bonchev–Trinajstić information content (AvgIpc) is 2.15. The Labute approximate surface area is 89.9 Å². The SMILES string of the molecule is COCCNCc1ccccc1F.[Cl-]. The fourth-order valence-corrected chi connectivity index (χ4v) is 1.04. The molecule has 1 N–H and O–H groups in total. The lowest BCUT2D eigenvalue weighted by Crippen LogP contribution is -3.00. The molecule has 0 aliphatic heterocycles. The summed E-state index contributed by atoms with van der Waals surface area (Å²) in [7, 11) is 1.64. The van der Waals surface area contributed by atoms with Gasteiger partial charge in [0.2, 0.25) is 0 Å². The van der Waals surface area contributed by atoms with Gasteiger partial charge in [-0.25, -0.2) is 4.39 Å². The summed E-state index contributed by atoms with van der Waals surface area (Å²) in [4.78, 5) is 0. The van der Waals surface area contributed by atoms with E-state index in [4.69, 9.17) is 4.74 Å². The van der Waals surface area contributed by atoms with Crippen LogP contribution in [0.5, 0.6) is 0 Å². The van der Waals surface area contributed by atoms with Gasteiger partial charge in [0.1, 0.15) is 5.82 Å². The van der Waals surface area contributed by atoms with Crippen molar-refractivity contribution in [3.05, 3.63) is 35.6 Å². The molecule has 0 amide bonds. The molecule has 4 heteroatoms. The molecule has 0 radical (unpaired) electrons. The third-order valence-electron chi connectivity index (χ3n) is 1.76. The van der Waals surface area contributed by atoms with Gasteiger partial charge in [-0.3, -0.25) is 0 Å². The molecule has 0 aromatic heterocycles. The maximum atomic E-state index is 13.0. The molecule has 0 heterocycles. The van der Waals surface area contributed by atoms with Crippen molar-refractivity contribution >= 4 is 0 Å². The Hall–Kier alpha value is -0.640. The number of hydrogen-bond acceptors (Lipinski definition) is 2. The Morgan fingerprint density at radius 3 is 2.71 bits per heavy atom. The van der Waals surface area contributed by atoms with Gasteiger partial charge in [-0.1, -0.05) is 18.2 Å². The van der Waals surface area contributed by atoms with Gasteiger partial charge in [-0.15, -0.1) is 0 Å². The standard InChI is InChI=1S/C10H14FNO.ClH/c1-13-7-6-12-8-9-4-2-3-5-10(9)11;/h2-5,12H,6-8H2,1H3;1H/p-1. The molecule has 0 bridgehead atoms. The molecule has 0 unspecified atom stereocenters. The second-order valence-corrected chi connectivity index (χ2v) is 2.76. The van der Waals surface area contributed by atoms with Crippen LogP contribution in [0.4, 0.5) is 4.39 Å². The van der Waals surface area contributed by atoms with Crippen molar-refractivity contribution in [3.8, 4) is 0 Å². The second kappa shape index (κ2) is 7.74. The van der Waals surface area contributed by atoms with Crippen LogP contribution in [0.15, 0.2) is 24.3 Å². The minimum absolute atomic E-state index is 0. The molecule has 1 rings (SSSR count). The topological polar surface area (TPSA) is 21.3 Å². The van der Waals surface area contributed by atoms with Gasteiger partial charge in [0.15, 0.2) is 0 Å². The van der Waals surface area contributed by atoms with Crippen molar-refractivity contribution in [2.45, 2.75) is 6.54 Å². The average molecular weight is 219 g/mol. The molecule has 0 aliphatic rings. The summed E-state index contributed by atoms with van der Waals surface area (Å²) in [5, 5.41) is 3.08. The number of methoxy groups -OCH3 is 1. The molecular formula is C10H14ClFNO-. The lowest BCUT2D eigenvalue weighted by atomic mass is 10.2. The monoisotopic (exact) mass is 218 g/mol. The van der Waals surface area contributed by atoms with Gasteiger partial charge in [0.05, 0.1) is 6.61 Å². The highest BCUT2D eigenvalue weighted by Crippen LogP contribution is 2.04. The molecule has 1 aromatic rings. The number of nitrogens with one attached hydrogen (secondary N) is 1. The van der Waals surface area contributed by atoms with Crippen LogP contribution in [0, 0.1) is 5.82 Å². The van der Waals surface area contributed by atoms with E-state index in [1.54, 1.807) is 19.2 Å². The number of hydrogen-bond donors (Lipinski definition) is 1. The summed E-state index contributed by atoms with van der Waals surface area (Å²) in [6.45, 7) is 1.94. The Morgan fingerprint density at radius 1 is 1.36 bits per heavy atom. The summed E-state index contributed by atoms with van der Waals surface area (Å²) >= 11 is 0. The van der Waals surface area contributed by atoms with E-state index in [2.05, 4.69) is 5.32 Å². The van der Waals surface area contributed by atoms with Gasteiger partial charge in [-0.2, -0.15) is 0 Å². The van der Waals surface area contributed by atoms with Gasteiger partial charge in [0.25, 0.3) is 0 Å². The van der Waals surface area contributed by atoms with Crippen LogP contribution < -0.4 is 17.7 Å². The predicted molar refractivity (Wildman–Crippen MR) is 50.0 cm³/mol. The number of ether oxygens (including phenoxy) is 1. The zero-order valence-corrected chi connectivity index (χ0v) is 8.85. The van der Waals surface area contributed by atoms with E-state index in [0.29, 0.717) is 18.7 Å². The van der Waals surface area contributed by atoms with E-state index in [9.17, 15) is 4.39 Å². The molecular weight excluding hydrogens is 205 g/mol. The molecule has 0 spiro atoms. The highest BCUT2D eigenvalue weighted by molar-refractivity contribution is 5.16. The zero-order valence-electron chi connectivity index (χ0n) is 8.09. The molecule has 0 atom stereocenters. The van der Waals surface area contributed by atoms with Crippen molar-refractivity contribution in [2.75, 3.05) is 20.3 Å². The molecule has 2 nitrogen and oxygen atoms in total. The van der Waals surface area contributed by atoms with Gasteiger partial charge in [0, 0.05) is 25.8 Å². The minimum Gasteiger partial charge on any atom is -1.00 e. The van der Waals surface area contributed by atoms with Crippen molar-refractivity contribution in [1.29, 1.82) is 0 Å². The van der Waals surface area contributed by atoms with Crippen LogP contribution in [0.1, 0.15) is 5.56 Å². The maximum Gasteiger partial charge on any atom is 0.127 e. The van der Waals surface area contributed by atoms with Crippen molar-refractivity contribution in [3.63, 3.8) is 0 Å². The molecule has 0 aliphatic carbocycles. The third-order valence-corrected chi connectivity index (χ3v) is 1.76. The Morgan fingerprint density at radius 2 is 2.07 bits per heavy atom. The molecule has 0 saturated heterocycles. The van der Waals surface area contributed by atoms with Gasteiger partial charge in [-0.05, 0) is 6.07 Å². The lowest BCUT2D eigenvalue weighted by Gasteiger charge is -2.04. The van der Waals surface area contributed by atoms with Crippen molar-refractivity contribution < 1.29 is 21.5 Å². The van der Waals surface area contributed by atoms with Crippen LogP contribution in [-0.2, 0) is 11.3 Å². The summed E-state index contributed by atoms with van der Waals surface area (Å²) in [5.74, 6) is -0.160. The van der Waals surface area contributed by atoms with Crippen molar-refractivity contribution in [2.24, 2.45) is 0 Å². The molecule has 0 fully saturated rings. The van der Waals surface area contributed by atoms with E-state index >= 15 is 0 Å². The number of rotatable bonds is 5. The number of benzene rings is 1. The van der Waals surface area contributed by atoms with E-state index in [1.165, 1.54) is 6.07 Å². The maximum absolute atomic E-state index is 13.0. The summed E-state index contributed by atoms with van der Waals surface area (Å²) in [6.07, 6.45) is 0. The predicted octanol–water partition coefficient (Wildman–Crippen LogP) is -1.43. The second-order valence-electron chi connectivity index (χ2n) is 2.76. The smallest absolute Gasteiger partial charge is 0.127 e. The summed E-state index contributed by atoms with van der Waals surface area (Å²) < 4.78 is 17.9. The fraction of sp³-hybridized carbons (Fsp3) is 0.400. The first kappa shape index (κ1) is 13.4.